The summed E-state index contributed by atoms with van der Waals surface area (Å²) in [6, 6.07) is 15.6. The van der Waals surface area contributed by atoms with Crippen molar-refractivity contribution in [3.8, 4) is 5.75 Å². The summed E-state index contributed by atoms with van der Waals surface area (Å²) in [5.41, 5.74) is 2.14. The molecule has 35 heavy (non-hydrogen) atoms. The fourth-order valence-electron chi connectivity index (χ4n) is 4.30. The topological polar surface area (TPSA) is 80.3 Å². The van der Waals surface area contributed by atoms with Gasteiger partial charge in [0.15, 0.2) is 0 Å². The molecule has 0 radical (unpaired) electrons. The van der Waals surface area contributed by atoms with Crippen LogP contribution in [0.2, 0.25) is 0 Å². The SMILES string of the molecule is COCC(=O)Nc1ccc2c(c1)C(=O)N(C)C[C@@H](OC)[C@H](C)CN(Cc1ccccc1)[C@H](C)CO2. The molecule has 0 saturated heterocycles. The Morgan fingerprint density at radius 1 is 1.11 bits per heavy atom. The molecular formula is C27H37N3O5. The summed E-state index contributed by atoms with van der Waals surface area (Å²) < 4.78 is 16.9. The number of ether oxygens (including phenoxy) is 3. The first-order valence-corrected chi connectivity index (χ1v) is 11.9. The van der Waals surface area contributed by atoms with E-state index in [0.717, 1.165) is 13.1 Å². The maximum atomic E-state index is 13.4. The van der Waals surface area contributed by atoms with Gasteiger partial charge in [0.25, 0.3) is 5.91 Å². The summed E-state index contributed by atoms with van der Waals surface area (Å²) in [5.74, 6) is 0.188. The van der Waals surface area contributed by atoms with Crippen LogP contribution in [0.5, 0.6) is 5.75 Å². The van der Waals surface area contributed by atoms with Crippen molar-refractivity contribution in [3.63, 3.8) is 0 Å². The van der Waals surface area contributed by atoms with E-state index in [4.69, 9.17) is 14.2 Å². The van der Waals surface area contributed by atoms with Crippen LogP contribution in [-0.2, 0) is 20.8 Å². The lowest BCUT2D eigenvalue weighted by atomic mass is 10.0. The van der Waals surface area contributed by atoms with Crippen LogP contribution in [0, 0.1) is 5.92 Å². The summed E-state index contributed by atoms with van der Waals surface area (Å²) >= 11 is 0. The maximum absolute atomic E-state index is 13.4. The summed E-state index contributed by atoms with van der Waals surface area (Å²) in [4.78, 5) is 29.5. The Balaban J connectivity index is 1.92. The highest BCUT2D eigenvalue weighted by atomic mass is 16.5. The molecule has 0 aromatic heterocycles. The molecule has 0 unspecified atom stereocenters. The van der Waals surface area contributed by atoms with Crippen LogP contribution in [0.25, 0.3) is 0 Å². The molecule has 2 aromatic rings. The van der Waals surface area contributed by atoms with E-state index in [1.807, 2.05) is 18.2 Å². The lowest BCUT2D eigenvalue weighted by Gasteiger charge is -2.36. The molecule has 0 spiro atoms. The van der Waals surface area contributed by atoms with Gasteiger partial charge in [-0.05, 0) is 36.6 Å². The molecule has 3 atom stereocenters. The van der Waals surface area contributed by atoms with Crippen LogP contribution in [0.1, 0.15) is 29.8 Å². The molecule has 0 fully saturated rings. The zero-order valence-electron chi connectivity index (χ0n) is 21.3. The summed E-state index contributed by atoms with van der Waals surface area (Å²) in [6.45, 7) is 6.66. The van der Waals surface area contributed by atoms with Gasteiger partial charge < -0.3 is 24.4 Å². The van der Waals surface area contributed by atoms with Gasteiger partial charge in [-0.25, -0.2) is 0 Å². The summed E-state index contributed by atoms with van der Waals surface area (Å²) in [5, 5.41) is 2.76. The lowest BCUT2D eigenvalue weighted by Crippen LogP contribution is -2.46. The van der Waals surface area contributed by atoms with Gasteiger partial charge in [-0.2, -0.15) is 0 Å². The number of anilines is 1. The van der Waals surface area contributed by atoms with Crippen molar-refractivity contribution < 1.29 is 23.8 Å². The van der Waals surface area contributed by atoms with Gasteiger partial charge in [0, 0.05) is 52.6 Å². The molecule has 8 heteroatoms. The van der Waals surface area contributed by atoms with Crippen molar-refractivity contribution in [2.45, 2.75) is 32.5 Å². The van der Waals surface area contributed by atoms with Gasteiger partial charge >= 0.3 is 0 Å². The van der Waals surface area contributed by atoms with Gasteiger partial charge in [-0.15, -0.1) is 0 Å². The van der Waals surface area contributed by atoms with E-state index in [1.54, 1.807) is 37.3 Å². The highest BCUT2D eigenvalue weighted by Crippen LogP contribution is 2.27. The standard InChI is InChI=1S/C27H37N3O5/c1-19-14-30(15-21-9-7-6-8-10-21)20(2)17-35-24-12-11-22(28-26(31)18-33-4)13-23(24)27(32)29(3)16-25(19)34-5/h6-13,19-20,25H,14-18H2,1-5H3,(H,28,31)/t19-,20-,25-/m1/s1. The number of rotatable bonds is 6. The van der Waals surface area contributed by atoms with Crippen LogP contribution in [0.15, 0.2) is 48.5 Å². The number of likely N-dealkylation sites (N-methyl/N-ethyl adjacent to an activating group) is 1. The Labute approximate surface area is 208 Å². The third-order valence-corrected chi connectivity index (χ3v) is 6.36. The predicted octanol–water partition coefficient (Wildman–Crippen LogP) is 3.28. The quantitative estimate of drug-likeness (QED) is 0.679. The number of hydrogen-bond donors (Lipinski definition) is 1. The van der Waals surface area contributed by atoms with E-state index in [0.29, 0.717) is 30.2 Å². The Morgan fingerprint density at radius 2 is 1.86 bits per heavy atom. The fourth-order valence-corrected chi connectivity index (χ4v) is 4.30. The van der Waals surface area contributed by atoms with Crippen molar-refractivity contribution >= 4 is 17.5 Å². The van der Waals surface area contributed by atoms with Crippen molar-refractivity contribution in [3.05, 3.63) is 59.7 Å². The number of fused-ring (bicyclic) bond motifs is 1. The second-order valence-corrected chi connectivity index (χ2v) is 9.20. The normalized spacial score (nSPS) is 21.9. The number of nitrogens with one attached hydrogen (secondary N) is 1. The number of carbonyl (C=O) groups is 2. The average Bonchev–Trinajstić information content (AvgIpc) is 2.85. The third kappa shape index (κ3) is 7.27. The minimum atomic E-state index is -0.291. The molecule has 0 saturated carbocycles. The molecule has 8 nitrogen and oxygen atoms in total. The lowest BCUT2D eigenvalue weighted by molar-refractivity contribution is -0.119. The van der Waals surface area contributed by atoms with E-state index in [-0.39, 0.29) is 36.5 Å². The van der Waals surface area contributed by atoms with E-state index in [9.17, 15) is 9.59 Å². The van der Waals surface area contributed by atoms with Gasteiger partial charge in [-0.3, -0.25) is 14.5 Å². The molecule has 190 valence electrons. The zero-order valence-corrected chi connectivity index (χ0v) is 21.3. The largest absolute Gasteiger partial charge is 0.491 e. The van der Waals surface area contributed by atoms with Crippen LogP contribution >= 0.6 is 0 Å². The van der Waals surface area contributed by atoms with Crippen LogP contribution in [-0.4, -0.2) is 81.3 Å². The van der Waals surface area contributed by atoms with Crippen molar-refractivity contribution in [2.75, 3.05) is 52.9 Å². The van der Waals surface area contributed by atoms with Gasteiger partial charge in [0.1, 0.15) is 19.0 Å². The summed E-state index contributed by atoms with van der Waals surface area (Å²) in [6.07, 6.45) is -0.136. The molecule has 0 bridgehead atoms. The van der Waals surface area contributed by atoms with Gasteiger partial charge in [-0.1, -0.05) is 37.3 Å². The van der Waals surface area contributed by atoms with E-state index in [2.05, 4.69) is 36.2 Å². The highest BCUT2D eigenvalue weighted by Gasteiger charge is 2.28. The first-order valence-electron chi connectivity index (χ1n) is 11.9. The van der Waals surface area contributed by atoms with Crippen LogP contribution < -0.4 is 10.1 Å². The van der Waals surface area contributed by atoms with Crippen LogP contribution in [0.3, 0.4) is 0 Å². The second kappa shape index (κ2) is 12.7. The molecule has 1 heterocycles. The molecule has 1 N–H and O–H groups in total. The first kappa shape index (κ1) is 26.7. The Hall–Kier alpha value is -2.94. The molecule has 1 aliphatic rings. The second-order valence-electron chi connectivity index (χ2n) is 9.20. The van der Waals surface area contributed by atoms with Gasteiger partial charge in [0.2, 0.25) is 5.91 Å². The van der Waals surface area contributed by atoms with Crippen molar-refractivity contribution in [2.24, 2.45) is 5.92 Å². The third-order valence-electron chi connectivity index (χ3n) is 6.36. The smallest absolute Gasteiger partial charge is 0.257 e. The average molecular weight is 484 g/mol. The molecule has 2 amide bonds. The Bertz CT molecular complexity index is 984. The van der Waals surface area contributed by atoms with E-state index < -0.39 is 0 Å². The molecule has 3 rings (SSSR count). The van der Waals surface area contributed by atoms with Crippen molar-refractivity contribution in [1.29, 1.82) is 0 Å². The molecule has 1 aliphatic heterocycles. The van der Waals surface area contributed by atoms with Crippen LogP contribution in [0.4, 0.5) is 5.69 Å². The number of hydrogen-bond acceptors (Lipinski definition) is 6. The minimum Gasteiger partial charge on any atom is -0.491 e. The zero-order chi connectivity index (χ0) is 25.4. The van der Waals surface area contributed by atoms with E-state index >= 15 is 0 Å². The van der Waals surface area contributed by atoms with Crippen molar-refractivity contribution in [1.82, 2.24) is 9.80 Å². The predicted molar refractivity (Wildman–Crippen MR) is 136 cm³/mol. The summed E-state index contributed by atoms with van der Waals surface area (Å²) in [7, 11) is 4.91. The number of amides is 2. The minimum absolute atomic E-state index is 0.0659. The highest BCUT2D eigenvalue weighted by molar-refractivity contribution is 5.99. The monoisotopic (exact) mass is 483 g/mol. The Morgan fingerprint density at radius 3 is 2.54 bits per heavy atom. The molecule has 2 aromatic carbocycles. The number of nitrogens with zero attached hydrogens (tertiary/aromatic N) is 2. The number of methoxy groups -OCH3 is 2. The van der Waals surface area contributed by atoms with E-state index in [1.165, 1.54) is 12.7 Å². The molecular weight excluding hydrogens is 446 g/mol. The maximum Gasteiger partial charge on any atom is 0.257 e. The Kier molecular flexibility index (Phi) is 9.65. The fraction of sp³-hybridized carbons (Fsp3) is 0.481. The number of carbonyl (C=O) groups excluding carboxylic acids is 2. The molecule has 0 aliphatic carbocycles. The first-order chi connectivity index (χ1) is 16.8. The number of benzene rings is 2. The van der Waals surface area contributed by atoms with Gasteiger partial charge in [0.05, 0.1) is 11.7 Å².